The number of rotatable bonds is 3. The third kappa shape index (κ3) is 1.83. The molecule has 0 aliphatic carbocycles. The maximum Gasteiger partial charge on any atom is 0.149 e. The molecular formula is C9H12N4S. The molecule has 0 bridgehead atoms. The summed E-state index contributed by atoms with van der Waals surface area (Å²) >= 11 is 1.64. The van der Waals surface area contributed by atoms with E-state index >= 15 is 0 Å². The second kappa shape index (κ2) is 3.89. The normalized spacial score (nSPS) is 10.7. The van der Waals surface area contributed by atoms with Crippen LogP contribution in [0.25, 0.3) is 10.7 Å². The number of nitrogens with zero attached hydrogens (tertiary/aromatic N) is 2. The van der Waals surface area contributed by atoms with Gasteiger partial charge in [0.2, 0.25) is 0 Å². The first-order valence-electron chi connectivity index (χ1n) is 4.46. The van der Waals surface area contributed by atoms with Crippen molar-refractivity contribution in [1.82, 2.24) is 15.0 Å². The Bertz CT molecular complexity index is 418. The number of thiazole rings is 1. The van der Waals surface area contributed by atoms with E-state index in [0.29, 0.717) is 6.54 Å². The Morgan fingerprint density at radius 2 is 2.29 bits per heavy atom. The van der Waals surface area contributed by atoms with Crippen LogP contribution in [0.3, 0.4) is 0 Å². The van der Waals surface area contributed by atoms with Crippen molar-refractivity contribution in [1.29, 1.82) is 0 Å². The fourth-order valence-electron chi connectivity index (χ4n) is 1.24. The Morgan fingerprint density at radius 1 is 1.43 bits per heavy atom. The number of aryl methyl sites for hydroxylation is 1. The van der Waals surface area contributed by atoms with E-state index in [-0.39, 0.29) is 0 Å². The lowest BCUT2D eigenvalue weighted by molar-refractivity contribution is 0.936. The lowest BCUT2D eigenvalue weighted by Crippen LogP contribution is -2.02. The molecule has 0 aliphatic rings. The number of aromatic nitrogens is 3. The molecule has 4 nitrogen and oxygen atoms in total. The minimum atomic E-state index is 0.642. The predicted molar refractivity (Wildman–Crippen MR) is 57.2 cm³/mol. The maximum atomic E-state index is 5.46. The smallest absolute Gasteiger partial charge is 0.149 e. The Kier molecular flexibility index (Phi) is 2.60. The third-order valence-electron chi connectivity index (χ3n) is 1.90. The van der Waals surface area contributed by atoms with Crippen molar-refractivity contribution >= 4 is 11.3 Å². The van der Waals surface area contributed by atoms with Crippen molar-refractivity contribution in [2.45, 2.75) is 13.3 Å². The van der Waals surface area contributed by atoms with Gasteiger partial charge in [-0.2, -0.15) is 0 Å². The van der Waals surface area contributed by atoms with Crippen molar-refractivity contribution < 1.29 is 0 Å². The maximum absolute atomic E-state index is 5.46. The van der Waals surface area contributed by atoms with Gasteiger partial charge in [0, 0.05) is 24.5 Å². The standard InChI is InChI=1S/C9H12N4S/c1-6-11-5-8(14-6)9-12-4-7(13-9)2-3-10/h4-5H,2-3,10H2,1H3,(H,12,13). The van der Waals surface area contributed by atoms with Crippen LogP contribution >= 0.6 is 11.3 Å². The van der Waals surface area contributed by atoms with E-state index in [2.05, 4.69) is 15.0 Å². The van der Waals surface area contributed by atoms with Crippen LogP contribution in [0.15, 0.2) is 12.4 Å². The van der Waals surface area contributed by atoms with Gasteiger partial charge < -0.3 is 10.7 Å². The van der Waals surface area contributed by atoms with Gasteiger partial charge in [0.1, 0.15) is 5.82 Å². The molecular weight excluding hydrogens is 196 g/mol. The fraction of sp³-hybridized carbons (Fsp3) is 0.333. The third-order valence-corrected chi connectivity index (χ3v) is 2.82. The molecule has 0 fully saturated rings. The van der Waals surface area contributed by atoms with Crippen molar-refractivity contribution in [2.75, 3.05) is 6.54 Å². The number of nitrogens with one attached hydrogen (secondary N) is 1. The number of hydrogen-bond donors (Lipinski definition) is 2. The molecule has 0 amide bonds. The van der Waals surface area contributed by atoms with Crippen molar-refractivity contribution in [3.05, 3.63) is 23.1 Å². The summed E-state index contributed by atoms with van der Waals surface area (Å²) < 4.78 is 0. The van der Waals surface area contributed by atoms with Gasteiger partial charge in [-0.1, -0.05) is 0 Å². The van der Waals surface area contributed by atoms with Gasteiger partial charge in [-0.15, -0.1) is 11.3 Å². The molecule has 0 radical (unpaired) electrons. The zero-order valence-electron chi connectivity index (χ0n) is 7.95. The first-order valence-corrected chi connectivity index (χ1v) is 5.28. The molecule has 2 aromatic heterocycles. The van der Waals surface area contributed by atoms with Crippen LogP contribution in [0.4, 0.5) is 0 Å². The average Bonchev–Trinajstić information content (AvgIpc) is 2.74. The summed E-state index contributed by atoms with van der Waals surface area (Å²) in [6.07, 6.45) is 4.51. The van der Waals surface area contributed by atoms with E-state index in [9.17, 15) is 0 Å². The van der Waals surface area contributed by atoms with Gasteiger partial charge in [0.05, 0.1) is 9.88 Å². The van der Waals surface area contributed by atoms with Gasteiger partial charge in [0.15, 0.2) is 0 Å². The van der Waals surface area contributed by atoms with Crippen LogP contribution in [0.2, 0.25) is 0 Å². The highest BCUT2D eigenvalue weighted by molar-refractivity contribution is 7.14. The van der Waals surface area contributed by atoms with Gasteiger partial charge >= 0.3 is 0 Å². The van der Waals surface area contributed by atoms with Gasteiger partial charge in [-0.3, -0.25) is 0 Å². The molecule has 0 saturated heterocycles. The number of hydrogen-bond acceptors (Lipinski definition) is 4. The lowest BCUT2D eigenvalue weighted by atomic mass is 10.3. The fourth-order valence-corrected chi connectivity index (χ4v) is 1.97. The minimum Gasteiger partial charge on any atom is -0.341 e. The molecule has 0 spiro atoms. The zero-order chi connectivity index (χ0) is 9.97. The monoisotopic (exact) mass is 208 g/mol. The minimum absolute atomic E-state index is 0.642. The highest BCUT2D eigenvalue weighted by atomic mass is 32.1. The molecule has 2 heterocycles. The summed E-state index contributed by atoms with van der Waals surface area (Å²) in [6, 6.07) is 0. The van der Waals surface area contributed by atoms with Gasteiger partial charge in [0.25, 0.3) is 0 Å². The molecule has 74 valence electrons. The lowest BCUT2D eigenvalue weighted by Gasteiger charge is -1.90. The molecule has 0 aromatic carbocycles. The second-order valence-corrected chi connectivity index (χ2v) is 4.27. The molecule has 0 saturated carbocycles. The van der Waals surface area contributed by atoms with Crippen LogP contribution in [0.1, 0.15) is 10.7 Å². The summed E-state index contributed by atoms with van der Waals surface area (Å²) in [7, 11) is 0. The van der Waals surface area contributed by atoms with E-state index in [0.717, 1.165) is 27.8 Å². The van der Waals surface area contributed by atoms with E-state index in [1.54, 1.807) is 11.3 Å². The summed E-state index contributed by atoms with van der Waals surface area (Å²) in [5.74, 6) is 0.888. The van der Waals surface area contributed by atoms with Crippen molar-refractivity contribution in [3.63, 3.8) is 0 Å². The Labute approximate surface area is 86.2 Å². The molecule has 0 atom stereocenters. The molecule has 14 heavy (non-hydrogen) atoms. The molecule has 2 aromatic rings. The van der Waals surface area contributed by atoms with Crippen LogP contribution in [0, 0.1) is 6.92 Å². The zero-order valence-corrected chi connectivity index (χ0v) is 8.77. The van der Waals surface area contributed by atoms with Crippen LogP contribution in [-0.2, 0) is 6.42 Å². The van der Waals surface area contributed by atoms with Crippen LogP contribution in [-0.4, -0.2) is 21.5 Å². The number of imidazole rings is 1. The second-order valence-electron chi connectivity index (χ2n) is 3.04. The Balaban J connectivity index is 2.24. The molecule has 0 aliphatic heterocycles. The number of H-pyrrole nitrogens is 1. The molecule has 2 rings (SSSR count). The molecule has 3 N–H and O–H groups in total. The largest absolute Gasteiger partial charge is 0.341 e. The quantitative estimate of drug-likeness (QED) is 0.800. The van der Waals surface area contributed by atoms with Crippen molar-refractivity contribution in [3.8, 4) is 10.7 Å². The molecule has 0 unspecified atom stereocenters. The average molecular weight is 208 g/mol. The summed E-state index contributed by atoms with van der Waals surface area (Å²) in [5, 5.41) is 1.05. The highest BCUT2D eigenvalue weighted by Crippen LogP contribution is 2.22. The SMILES string of the molecule is Cc1ncc(-c2ncc(CCN)[nH]2)s1. The summed E-state index contributed by atoms with van der Waals surface area (Å²) in [5.41, 5.74) is 6.53. The summed E-state index contributed by atoms with van der Waals surface area (Å²) in [4.78, 5) is 12.8. The number of nitrogens with two attached hydrogens (primary N) is 1. The first-order chi connectivity index (χ1) is 6.79. The van der Waals surface area contributed by atoms with Gasteiger partial charge in [-0.25, -0.2) is 9.97 Å². The number of aromatic amines is 1. The molecule has 5 heteroatoms. The van der Waals surface area contributed by atoms with E-state index in [1.165, 1.54) is 0 Å². The van der Waals surface area contributed by atoms with Crippen LogP contribution < -0.4 is 5.73 Å². The van der Waals surface area contributed by atoms with Crippen LogP contribution in [0.5, 0.6) is 0 Å². The van der Waals surface area contributed by atoms with Gasteiger partial charge in [-0.05, 0) is 13.5 Å². The topological polar surface area (TPSA) is 67.6 Å². The Morgan fingerprint density at radius 3 is 2.93 bits per heavy atom. The predicted octanol–water partition coefficient (Wildman–Crippen LogP) is 1.34. The summed E-state index contributed by atoms with van der Waals surface area (Å²) in [6.45, 7) is 2.63. The van der Waals surface area contributed by atoms with Crippen molar-refractivity contribution in [2.24, 2.45) is 5.73 Å². The van der Waals surface area contributed by atoms with E-state index in [1.807, 2.05) is 19.3 Å². The Hall–Kier alpha value is -1.20. The highest BCUT2D eigenvalue weighted by Gasteiger charge is 2.05. The van der Waals surface area contributed by atoms with E-state index in [4.69, 9.17) is 5.73 Å². The first kappa shape index (κ1) is 9.36. The van der Waals surface area contributed by atoms with E-state index < -0.39 is 0 Å².